The van der Waals surface area contributed by atoms with Gasteiger partial charge in [-0.25, -0.2) is 4.79 Å². The first-order valence-corrected chi connectivity index (χ1v) is 21.5. The van der Waals surface area contributed by atoms with Crippen LogP contribution >= 0.6 is 0 Å². The topological polar surface area (TPSA) is 196 Å². The maximum Gasteiger partial charge on any atom is 0.318 e. The second-order valence-electron chi connectivity index (χ2n) is 17.2. The van der Waals surface area contributed by atoms with E-state index in [4.69, 9.17) is 9.47 Å². The van der Waals surface area contributed by atoms with Gasteiger partial charge in [0.1, 0.15) is 23.9 Å². The van der Waals surface area contributed by atoms with Crippen molar-refractivity contribution in [2.24, 2.45) is 5.92 Å². The van der Waals surface area contributed by atoms with Crippen molar-refractivity contribution < 1.29 is 43.0 Å². The Labute approximate surface area is 358 Å². The maximum atomic E-state index is 14.8. The number of ketones is 1. The number of carbonyl (C=O) groups excluding carboxylic acids is 7. The highest BCUT2D eigenvalue weighted by atomic mass is 16.5. The quantitative estimate of drug-likeness (QED) is 0.232. The van der Waals surface area contributed by atoms with Gasteiger partial charge in [-0.05, 0) is 62.3 Å². The molecular weight excluding hydrogens is 783 g/mol. The molecule has 4 bridgehead atoms. The summed E-state index contributed by atoms with van der Waals surface area (Å²) in [6.45, 7) is 5.74. The Balaban J connectivity index is 1.33. The number of amides is 7. The second-order valence-corrected chi connectivity index (χ2v) is 17.2. The average molecular weight is 846 g/mol. The number of hydrogen-bond donors (Lipinski definition) is 4. The van der Waals surface area contributed by atoms with Crippen molar-refractivity contribution in [3.63, 3.8) is 0 Å². The van der Waals surface area contributed by atoms with Crippen molar-refractivity contribution >= 4 is 41.4 Å². The lowest BCUT2D eigenvalue weighted by atomic mass is 9.83. The Hall–Kier alpha value is -5.51. The van der Waals surface area contributed by atoms with Gasteiger partial charge >= 0.3 is 6.03 Å². The molecule has 1 unspecified atom stereocenters. The molecule has 4 N–H and O–H groups in total. The van der Waals surface area contributed by atoms with Crippen molar-refractivity contribution in [3.05, 3.63) is 65.7 Å². The van der Waals surface area contributed by atoms with Crippen molar-refractivity contribution in [1.29, 1.82) is 0 Å². The lowest BCUT2D eigenvalue weighted by Crippen LogP contribution is -2.59. The first kappa shape index (κ1) is 46.6. The molecule has 5 rings (SSSR count). The van der Waals surface area contributed by atoms with Crippen LogP contribution in [0.5, 0.6) is 5.75 Å². The number of urea groups is 1. The molecule has 7 amide bonds. The fourth-order valence-corrected chi connectivity index (χ4v) is 8.28. The van der Waals surface area contributed by atoms with Gasteiger partial charge in [0.25, 0.3) is 5.91 Å². The minimum atomic E-state index is -1.26. The van der Waals surface area contributed by atoms with Gasteiger partial charge in [0.05, 0.1) is 30.9 Å². The van der Waals surface area contributed by atoms with E-state index in [1.165, 1.54) is 14.7 Å². The summed E-state index contributed by atoms with van der Waals surface area (Å²) in [6, 6.07) is 11.5. The fraction of sp³-hybridized carbons (Fsp3) is 0.578. The highest BCUT2D eigenvalue weighted by Gasteiger charge is 2.46. The molecular formula is C45H63N7O9. The third-order valence-corrected chi connectivity index (χ3v) is 11.6. The van der Waals surface area contributed by atoms with Crippen LogP contribution in [0.2, 0.25) is 0 Å². The highest BCUT2D eigenvalue weighted by Crippen LogP contribution is 2.32. The zero-order valence-corrected chi connectivity index (χ0v) is 36.4. The maximum absolute atomic E-state index is 14.8. The lowest BCUT2D eigenvalue weighted by molar-refractivity contribution is -0.143. The molecule has 332 valence electrons. The van der Waals surface area contributed by atoms with Gasteiger partial charge in [-0.15, -0.1) is 0 Å². The summed E-state index contributed by atoms with van der Waals surface area (Å²) in [6.07, 6.45) is 4.89. The Bertz CT molecular complexity index is 1880. The third-order valence-electron chi connectivity index (χ3n) is 11.6. The predicted octanol–water partition coefficient (Wildman–Crippen LogP) is 3.24. The van der Waals surface area contributed by atoms with Crippen LogP contribution in [-0.2, 0) is 40.0 Å². The number of nitrogens with zero attached hydrogens (tertiary/aromatic N) is 3. The Morgan fingerprint density at radius 3 is 2.38 bits per heavy atom. The minimum Gasteiger partial charge on any atom is -0.493 e. The molecule has 5 atom stereocenters. The lowest BCUT2D eigenvalue weighted by Gasteiger charge is -2.35. The molecule has 16 heteroatoms. The van der Waals surface area contributed by atoms with Gasteiger partial charge in [-0.1, -0.05) is 75.1 Å². The zero-order chi connectivity index (χ0) is 44.3. The van der Waals surface area contributed by atoms with E-state index < -0.39 is 77.9 Å². The molecule has 0 radical (unpaired) electrons. The normalized spacial score (nSPS) is 22.1. The number of likely N-dealkylation sites (N-methyl/N-ethyl adjacent to an activating group) is 1. The van der Waals surface area contributed by atoms with Crippen molar-refractivity contribution in [2.45, 2.75) is 121 Å². The molecule has 2 heterocycles. The first-order chi connectivity index (χ1) is 29.1. The van der Waals surface area contributed by atoms with Gasteiger partial charge in [-0.2, -0.15) is 0 Å². The van der Waals surface area contributed by atoms with E-state index >= 15 is 0 Å². The van der Waals surface area contributed by atoms with Crippen molar-refractivity contribution in [1.82, 2.24) is 36.0 Å². The monoisotopic (exact) mass is 845 g/mol. The molecule has 1 saturated carbocycles. The van der Waals surface area contributed by atoms with E-state index in [2.05, 4.69) is 21.3 Å². The van der Waals surface area contributed by atoms with Crippen molar-refractivity contribution in [2.75, 3.05) is 40.8 Å². The van der Waals surface area contributed by atoms with Crippen LogP contribution in [0, 0.1) is 5.92 Å². The van der Waals surface area contributed by atoms with Gasteiger partial charge in [0.15, 0.2) is 0 Å². The molecule has 2 fully saturated rings. The summed E-state index contributed by atoms with van der Waals surface area (Å²) >= 11 is 0. The first-order valence-electron chi connectivity index (χ1n) is 21.5. The summed E-state index contributed by atoms with van der Waals surface area (Å²) in [4.78, 5) is 100. The number of nitrogens with one attached hydrogen (secondary N) is 4. The Morgan fingerprint density at radius 2 is 1.69 bits per heavy atom. The molecule has 16 nitrogen and oxygen atoms in total. The third kappa shape index (κ3) is 12.8. The minimum absolute atomic E-state index is 0.0687. The molecule has 0 spiro atoms. The zero-order valence-electron chi connectivity index (χ0n) is 36.4. The van der Waals surface area contributed by atoms with Crippen LogP contribution in [0.1, 0.15) is 95.7 Å². The SMILES string of the molecule is CCC[C@@H](NC(=O)C1C[C@@H]2CN1C(=O)[C@H](C1CCCCC1)NC(=O)N(C)Cc1cccc(c1)OCCC(C)(C)O2)C(=O)C(=O)NCC(=O)N[C@H](C(=O)N(C)C)c1ccccc1. The highest BCUT2D eigenvalue weighted by molar-refractivity contribution is 6.38. The van der Waals surface area contributed by atoms with Crippen LogP contribution < -0.4 is 26.0 Å². The Morgan fingerprint density at radius 1 is 0.967 bits per heavy atom. The predicted molar refractivity (Wildman–Crippen MR) is 227 cm³/mol. The summed E-state index contributed by atoms with van der Waals surface area (Å²) < 4.78 is 12.7. The van der Waals surface area contributed by atoms with E-state index in [-0.39, 0.29) is 37.8 Å². The summed E-state index contributed by atoms with van der Waals surface area (Å²) in [5, 5.41) is 10.8. The van der Waals surface area contributed by atoms with Crippen molar-refractivity contribution in [3.8, 4) is 5.75 Å². The molecule has 2 aromatic rings. The number of rotatable bonds is 12. The van der Waals surface area contributed by atoms with Crippen LogP contribution in [0.3, 0.4) is 0 Å². The second kappa shape index (κ2) is 21.3. The van der Waals surface area contributed by atoms with E-state index in [1.807, 2.05) is 38.1 Å². The number of Topliss-reactive ketones (excluding diaryl/α,β-unsaturated/α-hetero) is 1. The fourth-order valence-electron chi connectivity index (χ4n) is 8.28. The van der Waals surface area contributed by atoms with Gasteiger partial charge in [-0.3, -0.25) is 28.8 Å². The smallest absolute Gasteiger partial charge is 0.318 e. The van der Waals surface area contributed by atoms with Crippen LogP contribution in [0.15, 0.2) is 54.6 Å². The van der Waals surface area contributed by atoms with E-state index in [0.717, 1.165) is 37.7 Å². The molecule has 1 aliphatic carbocycles. The standard InChI is InChI=1S/C45H63N7O9/c1-7-15-34(39(54)41(56)46-26-36(53)48-37(42(57)50(4)5)30-17-10-8-11-18-30)47-40(55)35-25-33-28-52(35)43(58)38(31-19-12-9-13-20-31)49-44(59)51(6)27-29-16-14-21-32(24-29)60-23-22-45(2,3)61-33/h8,10-11,14,16-18,21,24,31,33-35,37-38H,7,9,12-13,15,19-20,22-23,25-28H2,1-6H3,(H,46,56)(H,47,55)(H,48,53)(H,49,59)/t33-,34-,35?,37+,38+/m1/s1. The van der Waals surface area contributed by atoms with Crippen LogP contribution in [0.25, 0.3) is 0 Å². The molecule has 3 aliphatic rings. The number of benzene rings is 2. The summed E-state index contributed by atoms with van der Waals surface area (Å²) in [5.41, 5.74) is 0.693. The van der Waals surface area contributed by atoms with Crippen LogP contribution in [-0.4, -0.2) is 127 Å². The van der Waals surface area contributed by atoms with Crippen LogP contribution in [0.4, 0.5) is 4.79 Å². The van der Waals surface area contributed by atoms with Gasteiger partial charge in [0, 0.05) is 47.1 Å². The average Bonchev–Trinajstić information content (AvgIpc) is 3.66. The molecule has 2 aliphatic heterocycles. The number of carbonyl (C=O) groups is 7. The summed E-state index contributed by atoms with van der Waals surface area (Å²) in [5.74, 6) is -3.66. The molecule has 61 heavy (non-hydrogen) atoms. The van der Waals surface area contributed by atoms with Gasteiger partial charge < -0.3 is 45.4 Å². The largest absolute Gasteiger partial charge is 0.493 e. The molecule has 2 aromatic carbocycles. The number of ether oxygens (including phenoxy) is 2. The summed E-state index contributed by atoms with van der Waals surface area (Å²) in [7, 11) is 4.79. The van der Waals surface area contributed by atoms with E-state index in [0.29, 0.717) is 30.8 Å². The number of fused-ring (bicyclic) bond motifs is 4. The number of hydrogen-bond acceptors (Lipinski definition) is 9. The van der Waals surface area contributed by atoms with Gasteiger partial charge in [0.2, 0.25) is 29.4 Å². The molecule has 1 saturated heterocycles. The van der Waals surface area contributed by atoms with E-state index in [9.17, 15) is 33.6 Å². The molecule has 0 aromatic heterocycles. The van der Waals surface area contributed by atoms with E-state index in [1.54, 1.807) is 58.4 Å². The Kier molecular flexibility index (Phi) is 16.3.